The van der Waals surface area contributed by atoms with E-state index in [2.05, 4.69) is 0 Å². The lowest BCUT2D eigenvalue weighted by atomic mass is 10.2. The molecule has 0 saturated carbocycles. The lowest BCUT2D eigenvalue weighted by Gasteiger charge is -2.21. The normalized spacial score (nSPS) is 14.7. The zero-order chi connectivity index (χ0) is 19.4. The maximum atomic E-state index is 12.5. The number of anilines is 2. The van der Waals surface area contributed by atoms with E-state index in [0.29, 0.717) is 18.5 Å². The minimum absolute atomic E-state index is 0.0912. The van der Waals surface area contributed by atoms with Crippen LogP contribution in [0.3, 0.4) is 0 Å². The Hall–Kier alpha value is -3.15. The van der Waals surface area contributed by atoms with E-state index >= 15 is 0 Å². The van der Waals surface area contributed by atoms with Gasteiger partial charge in [0, 0.05) is 31.4 Å². The molecule has 0 N–H and O–H groups in total. The highest BCUT2D eigenvalue weighted by Crippen LogP contribution is 2.22. The summed E-state index contributed by atoms with van der Waals surface area (Å²) < 4.78 is 5.32. The summed E-state index contributed by atoms with van der Waals surface area (Å²) in [5.74, 6) is -0.793. The van der Waals surface area contributed by atoms with E-state index in [0.717, 1.165) is 17.8 Å². The summed E-state index contributed by atoms with van der Waals surface area (Å²) in [6.45, 7) is 2.25. The van der Waals surface area contributed by atoms with E-state index in [1.54, 1.807) is 43.1 Å². The van der Waals surface area contributed by atoms with Crippen LogP contribution in [-0.4, -0.2) is 37.5 Å². The van der Waals surface area contributed by atoms with Gasteiger partial charge in [-0.2, -0.15) is 0 Å². The second-order valence-electron chi connectivity index (χ2n) is 6.48. The molecule has 0 unspecified atom stereocenters. The summed E-state index contributed by atoms with van der Waals surface area (Å²) >= 11 is 0. The van der Waals surface area contributed by atoms with Crippen LogP contribution in [0.2, 0.25) is 0 Å². The molecule has 1 aliphatic rings. The Morgan fingerprint density at radius 1 is 1.07 bits per heavy atom. The van der Waals surface area contributed by atoms with Gasteiger partial charge in [-0.3, -0.25) is 9.59 Å². The highest BCUT2D eigenvalue weighted by atomic mass is 16.5. The number of rotatable bonds is 5. The maximum absolute atomic E-state index is 12.5. The molecule has 6 heteroatoms. The number of nitrogens with zero attached hydrogens (tertiary/aromatic N) is 2. The second-order valence-corrected chi connectivity index (χ2v) is 6.48. The van der Waals surface area contributed by atoms with Crippen LogP contribution in [-0.2, 0) is 14.3 Å². The minimum Gasteiger partial charge on any atom is -0.449 e. The summed E-state index contributed by atoms with van der Waals surface area (Å²) in [6.07, 6.45) is 0.484. The van der Waals surface area contributed by atoms with Crippen molar-refractivity contribution in [3.05, 3.63) is 60.2 Å². The Bertz CT molecular complexity index is 833. The average Bonchev–Trinajstić information content (AvgIpc) is 3.13. The van der Waals surface area contributed by atoms with Gasteiger partial charge in [0.15, 0.2) is 6.10 Å². The standard InChI is InChI=1S/C21H22N2O4/c1-15(20(25)22(2)17-7-4-3-5-8-17)27-21(26)16-10-12-18(13-11-16)23-14-6-9-19(23)24/h3-5,7-8,10-13,15H,6,9,14H2,1-2H3/t15-/m1/s1. The number of hydrogen-bond donors (Lipinski definition) is 0. The van der Waals surface area contributed by atoms with Gasteiger partial charge in [-0.05, 0) is 49.7 Å². The lowest BCUT2D eigenvalue weighted by molar-refractivity contribution is -0.126. The number of para-hydroxylation sites is 1. The SMILES string of the molecule is C[C@@H](OC(=O)c1ccc(N2CCCC2=O)cc1)C(=O)N(C)c1ccccc1. The molecule has 27 heavy (non-hydrogen) atoms. The maximum Gasteiger partial charge on any atom is 0.338 e. The molecule has 2 amide bonds. The number of ether oxygens (including phenoxy) is 1. The van der Waals surface area contributed by atoms with Gasteiger partial charge in [0.25, 0.3) is 5.91 Å². The molecule has 1 aliphatic heterocycles. The average molecular weight is 366 g/mol. The molecule has 2 aromatic carbocycles. The van der Waals surface area contributed by atoms with Gasteiger partial charge in [0.05, 0.1) is 5.56 Å². The number of carbonyl (C=O) groups is 3. The molecule has 0 aliphatic carbocycles. The van der Waals surface area contributed by atoms with Crippen LogP contribution in [0.1, 0.15) is 30.1 Å². The summed E-state index contributed by atoms with van der Waals surface area (Å²) in [5.41, 5.74) is 1.83. The molecule has 6 nitrogen and oxygen atoms in total. The van der Waals surface area contributed by atoms with Crippen LogP contribution in [0.4, 0.5) is 11.4 Å². The van der Waals surface area contributed by atoms with Gasteiger partial charge in [0.2, 0.25) is 5.91 Å². The van der Waals surface area contributed by atoms with Crippen LogP contribution in [0.15, 0.2) is 54.6 Å². The van der Waals surface area contributed by atoms with E-state index in [1.165, 1.54) is 4.90 Å². The van der Waals surface area contributed by atoms with Crippen molar-refractivity contribution >= 4 is 29.2 Å². The predicted molar refractivity (Wildman–Crippen MR) is 103 cm³/mol. The minimum atomic E-state index is -0.914. The molecular formula is C21H22N2O4. The number of esters is 1. The fourth-order valence-electron chi connectivity index (χ4n) is 3.03. The van der Waals surface area contributed by atoms with Crippen molar-refractivity contribution in [2.75, 3.05) is 23.4 Å². The smallest absolute Gasteiger partial charge is 0.338 e. The van der Waals surface area contributed by atoms with Gasteiger partial charge >= 0.3 is 5.97 Å². The van der Waals surface area contributed by atoms with E-state index in [-0.39, 0.29) is 11.8 Å². The van der Waals surface area contributed by atoms with Gasteiger partial charge in [-0.1, -0.05) is 18.2 Å². The molecule has 2 aromatic rings. The molecule has 1 atom stereocenters. The zero-order valence-electron chi connectivity index (χ0n) is 15.4. The summed E-state index contributed by atoms with van der Waals surface area (Å²) in [6, 6.07) is 15.8. The first-order chi connectivity index (χ1) is 13.0. The number of likely N-dealkylation sites (N-methyl/N-ethyl adjacent to an activating group) is 1. The molecule has 0 bridgehead atoms. The Morgan fingerprint density at radius 2 is 1.74 bits per heavy atom. The van der Waals surface area contributed by atoms with Crippen molar-refractivity contribution < 1.29 is 19.1 Å². The highest BCUT2D eigenvalue weighted by molar-refractivity contribution is 5.99. The Kier molecular flexibility index (Phi) is 5.54. The summed E-state index contributed by atoms with van der Waals surface area (Å²) in [5, 5.41) is 0. The summed E-state index contributed by atoms with van der Waals surface area (Å²) in [7, 11) is 1.64. The third kappa shape index (κ3) is 4.16. The monoisotopic (exact) mass is 366 g/mol. The lowest BCUT2D eigenvalue weighted by Crippen LogP contribution is -2.37. The fraction of sp³-hybridized carbons (Fsp3) is 0.286. The molecule has 1 fully saturated rings. The van der Waals surface area contributed by atoms with E-state index in [9.17, 15) is 14.4 Å². The number of hydrogen-bond acceptors (Lipinski definition) is 4. The third-order valence-corrected chi connectivity index (χ3v) is 4.59. The topological polar surface area (TPSA) is 66.9 Å². The van der Waals surface area contributed by atoms with Crippen molar-refractivity contribution in [2.24, 2.45) is 0 Å². The van der Waals surface area contributed by atoms with Gasteiger partial charge < -0.3 is 14.5 Å². The van der Waals surface area contributed by atoms with Crippen LogP contribution in [0, 0.1) is 0 Å². The fourth-order valence-corrected chi connectivity index (χ4v) is 3.03. The van der Waals surface area contributed by atoms with E-state index in [1.807, 2.05) is 30.3 Å². The Morgan fingerprint density at radius 3 is 2.33 bits per heavy atom. The Balaban J connectivity index is 1.62. The number of benzene rings is 2. The highest BCUT2D eigenvalue weighted by Gasteiger charge is 2.24. The third-order valence-electron chi connectivity index (χ3n) is 4.59. The largest absolute Gasteiger partial charge is 0.449 e. The van der Waals surface area contributed by atoms with Crippen molar-refractivity contribution in [1.82, 2.24) is 0 Å². The Labute approximate surface area is 158 Å². The second kappa shape index (κ2) is 8.03. The number of carbonyl (C=O) groups excluding carboxylic acids is 3. The first-order valence-corrected chi connectivity index (χ1v) is 8.91. The molecule has 0 spiro atoms. The quantitative estimate of drug-likeness (QED) is 0.763. The van der Waals surface area contributed by atoms with Crippen molar-refractivity contribution in [3.8, 4) is 0 Å². The zero-order valence-corrected chi connectivity index (χ0v) is 15.4. The van der Waals surface area contributed by atoms with E-state index < -0.39 is 12.1 Å². The first-order valence-electron chi connectivity index (χ1n) is 8.91. The van der Waals surface area contributed by atoms with Crippen LogP contribution in [0.5, 0.6) is 0 Å². The molecular weight excluding hydrogens is 344 g/mol. The van der Waals surface area contributed by atoms with Crippen LogP contribution >= 0.6 is 0 Å². The predicted octanol–water partition coefficient (Wildman–Crippen LogP) is 3.02. The number of amides is 2. The van der Waals surface area contributed by atoms with Crippen LogP contribution < -0.4 is 9.80 Å². The first kappa shape index (κ1) is 18.6. The molecule has 140 valence electrons. The van der Waals surface area contributed by atoms with Gasteiger partial charge in [-0.25, -0.2) is 4.79 Å². The summed E-state index contributed by atoms with van der Waals surface area (Å²) in [4.78, 5) is 39.8. The molecule has 0 radical (unpaired) electrons. The van der Waals surface area contributed by atoms with Gasteiger partial charge in [0.1, 0.15) is 0 Å². The van der Waals surface area contributed by atoms with Gasteiger partial charge in [-0.15, -0.1) is 0 Å². The molecule has 0 aromatic heterocycles. The van der Waals surface area contributed by atoms with Crippen molar-refractivity contribution in [2.45, 2.75) is 25.9 Å². The molecule has 3 rings (SSSR count). The van der Waals surface area contributed by atoms with Crippen molar-refractivity contribution in [3.63, 3.8) is 0 Å². The molecule has 1 heterocycles. The van der Waals surface area contributed by atoms with Crippen LogP contribution in [0.25, 0.3) is 0 Å². The van der Waals surface area contributed by atoms with E-state index in [4.69, 9.17) is 4.74 Å². The van der Waals surface area contributed by atoms with Crippen molar-refractivity contribution in [1.29, 1.82) is 0 Å². The molecule has 1 saturated heterocycles.